The number of rotatable bonds is 0. The molecule has 0 radical (unpaired) electrons. The third kappa shape index (κ3) is 1.69. The Hall–Kier alpha value is -1.54. The van der Waals surface area contributed by atoms with Gasteiger partial charge in [0.05, 0.1) is 13.0 Å². The zero-order valence-electron chi connectivity index (χ0n) is 15.3. The van der Waals surface area contributed by atoms with E-state index in [2.05, 4.69) is 6.58 Å². The van der Waals surface area contributed by atoms with E-state index in [0.717, 1.165) is 5.57 Å². The maximum Gasteiger partial charge on any atom is 0.306 e. The van der Waals surface area contributed by atoms with Crippen molar-refractivity contribution < 1.29 is 34.4 Å². The van der Waals surface area contributed by atoms with Crippen molar-refractivity contribution in [3.8, 4) is 0 Å². The Morgan fingerprint density at radius 3 is 2.63 bits per heavy atom. The number of ketones is 1. The molecule has 2 heterocycles. The van der Waals surface area contributed by atoms with E-state index >= 15 is 0 Å². The maximum absolute atomic E-state index is 12.5. The van der Waals surface area contributed by atoms with Gasteiger partial charge in [-0.1, -0.05) is 19.1 Å². The molecule has 146 valence electrons. The first-order valence-electron chi connectivity index (χ1n) is 9.41. The predicted octanol–water partition coefficient (Wildman–Crippen LogP) is 0.0863. The third-order valence-corrected chi connectivity index (χ3v) is 8.19. The Labute approximate surface area is 156 Å². The van der Waals surface area contributed by atoms with Crippen LogP contribution in [0.15, 0.2) is 23.8 Å². The van der Waals surface area contributed by atoms with Crippen molar-refractivity contribution in [3.63, 3.8) is 0 Å². The van der Waals surface area contributed by atoms with Gasteiger partial charge in [0.15, 0.2) is 11.6 Å². The van der Waals surface area contributed by atoms with Gasteiger partial charge in [0.1, 0.15) is 18.3 Å². The summed E-state index contributed by atoms with van der Waals surface area (Å²) in [5.41, 5.74) is -0.730. The number of hydrogen-bond donors (Lipinski definition) is 3. The van der Waals surface area contributed by atoms with Gasteiger partial charge in [0.2, 0.25) is 0 Å². The molecule has 0 aromatic heterocycles. The van der Waals surface area contributed by atoms with Crippen LogP contribution in [-0.2, 0) is 19.1 Å². The number of aliphatic hydroxyl groups excluding tert-OH is 2. The van der Waals surface area contributed by atoms with Crippen molar-refractivity contribution >= 4 is 11.8 Å². The van der Waals surface area contributed by atoms with Crippen LogP contribution in [0.25, 0.3) is 0 Å². The van der Waals surface area contributed by atoms with Gasteiger partial charge in [-0.3, -0.25) is 9.59 Å². The molecule has 5 aliphatic rings. The molecular formula is C20H24O7. The van der Waals surface area contributed by atoms with Crippen molar-refractivity contribution in [1.82, 2.24) is 0 Å². The molecular weight excluding hydrogens is 352 g/mol. The van der Waals surface area contributed by atoms with Gasteiger partial charge in [-0.05, 0) is 30.9 Å². The van der Waals surface area contributed by atoms with E-state index < -0.39 is 52.5 Å². The van der Waals surface area contributed by atoms with Crippen LogP contribution >= 0.6 is 0 Å². The number of ether oxygens (including phenoxy) is 2. The number of carbonyl (C=O) groups is 2. The molecule has 0 unspecified atom stereocenters. The lowest BCUT2D eigenvalue weighted by Crippen LogP contribution is -2.74. The minimum atomic E-state index is -1.98. The first-order chi connectivity index (χ1) is 12.6. The molecule has 2 saturated carbocycles. The highest BCUT2D eigenvalue weighted by atomic mass is 16.6. The number of hydrogen-bond acceptors (Lipinski definition) is 7. The molecule has 5 rings (SSSR count). The van der Waals surface area contributed by atoms with Crippen molar-refractivity contribution in [2.24, 2.45) is 28.6 Å². The summed E-state index contributed by atoms with van der Waals surface area (Å²) < 4.78 is 11.5. The molecule has 2 aliphatic heterocycles. The number of fused-ring (bicyclic) bond motifs is 1. The number of carbonyl (C=O) groups excluding carboxylic acids is 2. The molecule has 1 spiro atoms. The van der Waals surface area contributed by atoms with Gasteiger partial charge >= 0.3 is 5.97 Å². The Bertz CT molecular complexity index is 817. The molecule has 3 aliphatic carbocycles. The summed E-state index contributed by atoms with van der Waals surface area (Å²) in [7, 11) is 0. The Balaban J connectivity index is 1.79. The Morgan fingerprint density at radius 2 is 1.93 bits per heavy atom. The molecule has 3 N–H and O–H groups in total. The van der Waals surface area contributed by atoms with Crippen LogP contribution in [0.2, 0.25) is 0 Å². The van der Waals surface area contributed by atoms with Crippen molar-refractivity contribution in [3.05, 3.63) is 23.8 Å². The van der Waals surface area contributed by atoms with Crippen LogP contribution < -0.4 is 0 Å². The number of aliphatic hydroxyl groups is 3. The van der Waals surface area contributed by atoms with Crippen molar-refractivity contribution in [2.75, 3.05) is 6.61 Å². The number of esters is 1. The van der Waals surface area contributed by atoms with Gasteiger partial charge in [-0.15, -0.1) is 0 Å². The average Bonchev–Trinajstić information content (AvgIpc) is 2.90. The van der Waals surface area contributed by atoms with Gasteiger partial charge in [-0.2, -0.15) is 0 Å². The summed E-state index contributed by atoms with van der Waals surface area (Å²) in [5.74, 6) is -4.25. The summed E-state index contributed by atoms with van der Waals surface area (Å²) in [5, 5.41) is 33.3. The molecule has 0 aromatic carbocycles. The third-order valence-electron chi connectivity index (χ3n) is 8.19. The second-order valence-electron chi connectivity index (χ2n) is 9.15. The lowest BCUT2D eigenvalue weighted by Gasteiger charge is -2.66. The first-order valence-corrected chi connectivity index (χ1v) is 9.41. The Kier molecular flexibility index (Phi) is 3.18. The van der Waals surface area contributed by atoms with Crippen LogP contribution in [0.4, 0.5) is 0 Å². The molecule has 4 fully saturated rings. The molecule has 7 nitrogen and oxygen atoms in total. The largest absolute Gasteiger partial charge is 0.462 e. The normalized spacial score (nSPS) is 56.2. The zero-order valence-corrected chi connectivity index (χ0v) is 15.3. The second kappa shape index (κ2) is 4.89. The highest BCUT2D eigenvalue weighted by molar-refractivity contribution is 5.96. The van der Waals surface area contributed by atoms with E-state index in [1.54, 1.807) is 6.92 Å². The molecule has 7 heteroatoms. The topological polar surface area (TPSA) is 113 Å². The van der Waals surface area contributed by atoms with Crippen LogP contribution in [0.3, 0.4) is 0 Å². The monoisotopic (exact) mass is 376 g/mol. The molecule has 2 bridgehead atoms. The van der Waals surface area contributed by atoms with E-state index in [1.165, 1.54) is 6.08 Å². The minimum Gasteiger partial charge on any atom is -0.462 e. The minimum absolute atomic E-state index is 0.0436. The summed E-state index contributed by atoms with van der Waals surface area (Å²) >= 11 is 0. The van der Waals surface area contributed by atoms with Crippen LogP contribution in [-0.4, -0.2) is 57.8 Å². The second-order valence-corrected chi connectivity index (χ2v) is 9.15. The van der Waals surface area contributed by atoms with Crippen LogP contribution in [0, 0.1) is 28.6 Å². The highest BCUT2D eigenvalue weighted by Gasteiger charge is 2.81. The number of allylic oxidation sites excluding steroid dienone is 1. The molecule has 27 heavy (non-hydrogen) atoms. The van der Waals surface area contributed by atoms with Crippen LogP contribution in [0.5, 0.6) is 0 Å². The van der Waals surface area contributed by atoms with Gasteiger partial charge in [0, 0.05) is 22.7 Å². The van der Waals surface area contributed by atoms with Gasteiger partial charge < -0.3 is 24.8 Å². The maximum atomic E-state index is 12.5. The smallest absolute Gasteiger partial charge is 0.306 e. The quantitative estimate of drug-likeness (QED) is 0.405. The molecule has 0 amide bonds. The zero-order chi connectivity index (χ0) is 19.5. The molecule has 2 saturated heterocycles. The standard InChI is InChI=1S/C20H24O7/c1-8-4-12(21)16(24)18(3)10(8)5-13-19-7-26-20(25,17(18)19)15(23)9(2)11(19)6-14(22)27-13/h4,10-11,13,15-17,23-25H,2,5-7H2,1,3H3/t10-,11-,13+,15+,16+,17+,18-,19-,20-/m0/s1. The van der Waals surface area contributed by atoms with Crippen LogP contribution in [0.1, 0.15) is 26.7 Å². The summed E-state index contributed by atoms with van der Waals surface area (Å²) in [6.45, 7) is 7.64. The fraction of sp³-hybridized carbons (Fsp3) is 0.700. The van der Waals surface area contributed by atoms with E-state index in [4.69, 9.17) is 9.47 Å². The Morgan fingerprint density at radius 1 is 1.22 bits per heavy atom. The van der Waals surface area contributed by atoms with Gasteiger partial charge in [0.25, 0.3) is 0 Å². The fourth-order valence-electron chi connectivity index (χ4n) is 7.14. The van der Waals surface area contributed by atoms with Crippen molar-refractivity contribution in [1.29, 1.82) is 0 Å². The molecule has 9 atom stereocenters. The molecule has 0 aromatic rings. The average molecular weight is 376 g/mol. The lowest BCUT2D eigenvalue weighted by molar-refractivity contribution is -0.305. The summed E-state index contributed by atoms with van der Waals surface area (Å²) in [6.07, 6.45) is -1.36. The van der Waals surface area contributed by atoms with E-state index in [-0.39, 0.29) is 24.9 Å². The predicted molar refractivity (Wildman–Crippen MR) is 90.9 cm³/mol. The van der Waals surface area contributed by atoms with E-state index in [0.29, 0.717) is 12.0 Å². The van der Waals surface area contributed by atoms with Crippen molar-refractivity contribution in [2.45, 2.75) is 50.8 Å². The fourth-order valence-corrected chi connectivity index (χ4v) is 7.14. The van der Waals surface area contributed by atoms with E-state index in [1.807, 2.05) is 6.92 Å². The first kappa shape index (κ1) is 17.6. The SMILES string of the molecule is C=C1[C@@H](O)[C@]2(O)OC[C@@]34[C@H]2[C@]2(C)[C@H](O)C(=O)C=C(C)[C@@H]2C[C@H]3OC(=O)C[C@@H]14. The summed E-state index contributed by atoms with van der Waals surface area (Å²) in [4.78, 5) is 24.8. The van der Waals surface area contributed by atoms with Gasteiger partial charge in [-0.25, -0.2) is 0 Å². The summed E-state index contributed by atoms with van der Waals surface area (Å²) in [6, 6.07) is 0. The lowest BCUT2D eigenvalue weighted by atomic mass is 9.39. The van der Waals surface area contributed by atoms with E-state index in [9.17, 15) is 24.9 Å². The highest BCUT2D eigenvalue weighted by Crippen LogP contribution is 2.73.